The summed E-state index contributed by atoms with van der Waals surface area (Å²) >= 11 is 0. The molecule has 1 nitrogen and oxygen atoms in total. The Bertz CT molecular complexity index is 250. The van der Waals surface area contributed by atoms with E-state index in [1.165, 1.54) is 6.42 Å². The van der Waals surface area contributed by atoms with Gasteiger partial charge < -0.3 is 0 Å². The topological polar surface area (TPSA) is 17.1 Å². The molecule has 0 bridgehead atoms. The lowest BCUT2D eigenvalue weighted by Crippen LogP contribution is -2.26. The zero-order valence-electron chi connectivity index (χ0n) is 10.5. The summed E-state index contributed by atoms with van der Waals surface area (Å²) in [4.78, 5) is 11.9. The van der Waals surface area contributed by atoms with Crippen molar-refractivity contribution in [2.24, 2.45) is 11.8 Å². The first-order valence-electron chi connectivity index (χ1n) is 6.11. The van der Waals surface area contributed by atoms with Crippen molar-refractivity contribution in [2.75, 3.05) is 0 Å². The Morgan fingerprint density at radius 2 is 2.00 bits per heavy atom. The second kappa shape index (κ2) is 5.11. The molecule has 1 rings (SSSR count). The van der Waals surface area contributed by atoms with E-state index >= 15 is 0 Å². The van der Waals surface area contributed by atoms with Crippen molar-refractivity contribution in [3.63, 3.8) is 0 Å². The van der Waals surface area contributed by atoms with Crippen LogP contribution in [-0.2, 0) is 4.79 Å². The summed E-state index contributed by atoms with van der Waals surface area (Å²) in [6.45, 7) is 9.06. The van der Waals surface area contributed by atoms with E-state index in [-0.39, 0.29) is 0 Å². The first-order chi connectivity index (χ1) is 6.90. The van der Waals surface area contributed by atoms with Crippen LogP contribution >= 0.6 is 0 Å². The fourth-order valence-electron chi connectivity index (χ4n) is 2.18. The highest BCUT2D eigenvalue weighted by molar-refractivity contribution is 6.80. The van der Waals surface area contributed by atoms with Crippen molar-refractivity contribution in [1.29, 1.82) is 0 Å². The molecule has 0 radical (unpaired) electrons. The third kappa shape index (κ3) is 4.33. The number of carbonyl (C=O) groups is 1. The van der Waals surface area contributed by atoms with E-state index < -0.39 is 8.07 Å². The standard InChI is InChI=1S/C13H24OSi/c1-11-7-5-8-12(13(11)14)9-6-10-15(2,3)4/h6,10-12H,5,7-9H2,1-4H3/t11-,12-/m0/s1. The van der Waals surface area contributed by atoms with E-state index in [2.05, 4.69) is 38.3 Å². The van der Waals surface area contributed by atoms with Crippen LogP contribution in [0.1, 0.15) is 32.6 Å². The lowest BCUT2D eigenvalue weighted by atomic mass is 9.80. The third-order valence-electron chi connectivity index (χ3n) is 3.12. The van der Waals surface area contributed by atoms with Crippen molar-refractivity contribution >= 4 is 13.9 Å². The Morgan fingerprint density at radius 3 is 2.60 bits per heavy atom. The van der Waals surface area contributed by atoms with E-state index in [4.69, 9.17) is 0 Å². The SMILES string of the molecule is C[C@H]1CCC[C@@H](CC=C[Si](C)(C)C)C1=O. The molecule has 0 heterocycles. The predicted molar refractivity (Wildman–Crippen MR) is 68.6 cm³/mol. The fraction of sp³-hybridized carbons (Fsp3) is 0.769. The molecule has 0 spiro atoms. The van der Waals surface area contributed by atoms with Crippen LogP contribution in [0.3, 0.4) is 0 Å². The van der Waals surface area contributed by atoms with Gasteiger partial charge >= 0.3 is 0 Å². The Kier molecular flexibility index (Phi) is 4.32. The van der Waals surface area contributed by atoms with Crippen molar-refractivity contribution in [3.8, 4) is 0 Å². The molecular weight excluding hydrogens is 200 g/mol. The van der Waals surface area contributed by atoms with Crippen molar-refractivity contribution in [3.05, 3.63) is 11.8 Å². The number of hydrogen-bond acceptors (Lipinski definition) is 1. The van der Waals surface area contributed by atoms with Crippen LogP contribution in [0.25, 0.3) is 0 Å². The maximum Gasteiger partial charge on any atom is 0.139 e. The van der Waals surface area contributed by atoms with Gasteiger partial charge in [0.05, 0.1) is 8.07 Å². The molecule has 0 unspecified atom stereocenters. The molecule has 0 aromatic heterocycles. The van der Waals surface area contributed by atoms with Gasteiger partial charge in [-0.05, 0) is 19.3 Å². The normalized spacial score (nSPS) is 28.7. The van der Waals surface area contributed by atoms with E-state index in [1.54, 1.807) is 0 Å². The molecule has 0 amide bonds. The van der Waals surface area contributed by atoms with Crippen molar-refractivity contribution in [1.82, 2.24) is 0 Å². The maximum atomic E-state index is 11.9. The molecular formula is C13H24OSi. The molecule has 86 valence electrons. The van der Waals surface area contributed by atoms with Crippen molar-refractivity contribution in [2.45, 2.75) is 52.2 Å². The maximum absolute atomic E-state index is 11.9. The number of hydrogen-bond donors (Lipinski definition) is 0. The van der Waals surface area contributed by atoms with Gasteiger partial charge in [-0.1, -0.05) is 44.8 Å². The second-order valence-corrected chi connectivity index (χ2v) is 11.0. The summed E-state index contributed by atoms with van der Waals surface area (Å²) in [5.74, 6) is 1.13. The summed E-state index contributed by atoms with van der Waals surface area (Å²) in [6.07, 6.45) is 6.69. The molecule has 1 aliphatic rings. The van der Waals surface area contributed by atoms with Gasteiger partial charge in [-0.15, -0.1) is 0 Å². The summed E-state index contributed by atoms with van der Waals surface area (Å²) in [7, 11) is -1.07. The van der Waals surface area contributed by atoms with Gasteiger partial charge in [0.2, 0.25) is 0 Å². The number of carbonyl (C=O) groups excluding carboxylic acids is 1. The molecule has 1 fully saturated rings. The summed E-state index contributed by atoms with van der Waals surface area (Å²) in [5, 5.41) is 0. The fourth-order valence-corrected chi connectivity index (χ4v) is 3.02. The van der Waals surface area contributed by atoms with Crippen molar-refractivity contribution < 1.29 is 4.79 Å². The average Bonchev–Trinajstić information content (AvgIpc) is 2.10. The average molecular weight is 224 g/mol. The molecule has 1 aliphatic carbocycles. The van der Waals surface area contributed by atoms with Crippen LogP contribution in [0.2, 0.25) is 19.6 Å². The van der Waals surface area contributed by atoms with Crippen LogP contribution < -0.4 is 0 Å². The molecule has 15 heavy (non-hydrogen) atoms. The molecule has 2 heteroatoms. The summed E-state index contributed by atoms with van der Waals surface area (Å²) in [5.41, 5.74) is 2.36. The van der Waals surface area contributed by atoms with Crippen LogP contribution in [0.4, 0.5) is 0 Å². The smallest absolute Gasteiger partial charge is 0.139 e. The lowest BCUT2D eigenvalue weighted by Gasteiger charge is -2.24. The van der Waals surface area contributed by atoms with Gasteiger partial charge in [-0.3, -0.25) is 4.79 Å². The highest BCUT2D eigenvalue weighted by Crippen LogP contribution is 2.27. The van der Waals surface area contributed by atoms with Gasteiger partial charge in [0.1, 0.15) is 5.78 Å². The zero-order chi connectivity index (χ0) is 11.5. The number of rotatable bonds is 3. The van der Waals surface area contributed by atoms with Crippen LogP contribution in [0.15, 0.2) is 11.8 Å². The molecule has 1 saturated carbocycles. The Labute approximate surface area is 95.0 Å². The summed E-state index contributed by atoms with van der Waals surface area (Å²) in [6, 6.07) is 0. The molecule has 0 saturated heterocycles. The quantitative estimate of drug-likeness (QED) is 0.666. The minimum Gasteiger partial charge on any atom is -0.299 e. The molecule has 0 N–H and O–H groups in total. The van der Waals surface area contributed by atoms with Gasteiger partial charge in [0, 0.05) is 11.8 Å². The summed E-state index contributed by atoms with van der Waals surface area (Å²) < 4.78 is 0. The molecule has 0 aromatic carbocycles. The van der Waals surface area contributed by atoms with Gasteiger partial charge in [0.25, 0.3) is 0 Å². The van der Waals surface area contributed by atoms with Gasteiger partial charge in [-0.25, -0.2) is 0 Å². The van der Waals surface area contributed by atoms with Gasteiger partial charge in [0.15, 0.2) is 0 Å². The van der Waals surface area contributed by atoms with E-state index in [0.29, 0.717) is 17.6 Å². The largest absolute Gasteiger partial charge is 0.299 e. The number of ketones is 1. The van der Waals surface area contributed by atoms with Crippen LogP contribution in [-0.4, -0.2) is 13.9 Å². The van der Waals surface area contributed by atoms with Crippen LogP contribution in [0, 0.1) is 11.8 Å². The number of Topliss-reactive ketones (excluding diaryl/α,β-unsaturated/α-hetero) is 1. The van der Waals surface area contributed by atoms with E-state index in [1.807, 2.05) is 0 Å². The Morgan fingerprint density at radius 1 is 1.33 bits per heavy atom. The molecule has 0 aliphatic heterocycles. The Balaban J connectivity index is 2.45. The first kappa shape index (κ1) is 12.7. The highest BCUT2D eigenvalue weighted by atomic mass is 28.3. The second-order valence-electron chi connectivity index (χ2n) is 5.94. The minimum absolute atomic E-state index is 0.309. The predicted octanol–water partition coefficient (Wildman–Crippen LogP) is 3.82. The van der Waals surface area contributed by atoms with E-state index in [0.717, 1.165) is 19.3 Å². The highest BCUT2D eigenvalue weighted by Gasteiger charge is 2.26. The minimum atomic E-state index is -1.07. The first-order valence-corrected chi connectivity index (χ1v) is 9.69. The van der Waals surface area contributed by atoms with Gasteiger partial charge in [-0.2, -0.15) is 0 Å². The molecule has 2 atom stereocenters. The van der Waals surface area contributed by atoms with E-state index in [9.17, 15) is 4.79 Å². The third-order valence-corrected chi connectivity index (χ3v) is 4.35. The van der Waals surface area contributed by atoms with Crippen LogP contribution in [0.5, 0.6) is 0 Å². The lowest BCUT2D eigenvalue weighted by molar-refractivity contribution is -0.128. The number of allylic oxidation sites excluding steroid dienone is 1. The monoisotopic (exact) mass is 224 g/mol. The zero-order valence-corrected chi connectivity index (χ0v) is 11.5. The molecule has 0 aromatic rings. The Hall–Kier alpha value is -0.373.